The quantitative estimate of drug-likeness (QED) is 0.462. The normalized spacial score (nSPS) is 13.6. The van der Waals surface area contributed by atoms with Crippen LogP contribution in [0, 0.1) is 5.92 Å². The van der Waals surface area contributed by atoms with Crippen molar-refractivity contribution in [1.82, 2.24) is 4.90 Å². The van der Waals surface area contributed by atoms with E-state index in [4.69, 9.17) is 0 Å². The van der Waals surface area contributed by atoms with Gasteiger partial charge in [-0.15, -0.1) is 11.3 Å². The molecule has 1 N–H and O–H groups in total. The number of thiophene rings is 1. The second-order valence-electron chi connectivity index (χ2n) is 8.83. The van der Waals surface area contributed by atoms with Crippen molar-refractivity contribution in [2.45, 2.75) is 38.8 Å². The van der Waals surface area contributed by atoms with Gasteiger partial charge in [-0.25, -0.2) is 0 Å². The first-order chi connectivity index (χ1) is 16.0. The average molecular weight is 462 g/mol. The van der Waals surface area contributed by atoms with E-state index in [1.807, 2.05) is 89.9 Å². The highest BCUT2D eigenvalue weighted by atomic mass is 32.1. The standard InChI is InChI=1S/C27H31N3O2S/c1-29(2)24-15-14-23(28-26(31)21-11-6-7-12-21)17-22(24)19-30(18-20-9-4-3-5-10-20)27(32)25-13-8-16-33-25/h3-5,8-10,13-17,21H,6-7,11-12,18-19H2,1-2H3,(H,28,31). The van der Waals surface area contributed by atoms with Crippen LogP contribution in [0.3, 0.4) is 0 Å². The molecule has 4 rings (SSSR count). The maximum atomic E-state index is 13.4. The molecule has 1 saturated carbocycles. The van der Waals surface area contributed by atoms with Gasteiger partial charge in [-0.2, -0.15) is 0 Å². The van der Waals surface area contributed by atoms with E-state index in [1.165, 1.54) is 11.3 Å². The van der Waals surface area contributed by atoms with Crippen LogP contribution in [0.25, 0.3) is 0 Å². The first kappa shape index (κ1) is 23.1. The molecule has 3 aromatic rings. The molecule has 0 aliphatic heterocycles. The highest BCUT2D eigenvalue weighted by Gasteiger charge is 2.24. The summed E-state index contributed by atoms with van der Waals surface area (Å²) in [5.41, 5.74) is 3.91. The fourth-order valence-corrected chi connectivity index (χ4v) is 5.11. The molecule has 1 aliphatic rings. The van der Waals surface area contributed by atoms with E-state index in [0.717, 1.165) is 53.1 Å². The minimum atomic E-state index is 0.0129. The van der Waals surface area contributed by atoms with Crippen LogP contribution in [0.4, 0.5) is 11.4 Å². The van der Waals surface area contributed by atoms with Gasteiger partial charge < -0.3 is 15.1 Å². The van der Waals surface area contributed by atoms with Gasteiger partial charge >= 0.3 is 0 Å². The summed E-state index contributed by atoms with van der Waals surface area (Å²) in [5, 5.41) is 5.04. The first-order valence-corrected chi connectivity index (χ1v) is 12.4. The Morgan fingerprint density at radius 2 is 1.73 bits per heavy atom. The zero-order chi connectivity index (χ0) is 23.2. The highest BCUT2D eigenvalue weighted by molar-refractivity contribution is 7.12. The van der Waals surface area contributed by atoms with Crippen molar-refractivity contribution in [3.05, 3.63) is 82.0 Å². The van der Waals surface area contributed by atoms with Crippen molar-refractivity contribution in [2.75, 3.05) is 24.3 Å². The van der Waals surface area contributed by atoms with E-state index in [-0.39, 0.29) is 17.7 Å². The van der Waals surface area contributed by atoms with Crippen LogP contribution in [0.5, 0.6) is 0 Å². The predicted octanol–water partition coefficient (Wildman–Crippen LogP) is 5.79. The lowest BCUT2D eigenvalue weighted by molar-refractivity contribution is -0.119. The second kappa shape index (κ2) is 10.7. The molecule has 5 nitrogen and oxygen atoms in total. The van der Waals surface area contributed by atoms with Gasteiger partial charge in [0.1, 0.15) is 0 Å². The van der Waals surface area contributed by atoms with Crippen molar-refractivity contribution < 1.29 is 9.59 Å². The monoisotopic (exact) mass is 461 g/mol. The number of nitrogens with one attached hydrogen (secondary N) is 1. The fourth-order valence-electron chi connectivity index (χ4n) is 4.42. The van der Waals surface area contributed by atoms with Gasteiger partial charge in [0.2, 0.25) is 5.91 Å². The molecule has 172 valence electrons. The third-order valence-electron chi connectivity index (χ3n) is 6.15. The van der Waals surface area contributed by atoms with E-state index in [1.54, 1.807) is 0 Å². The second-order valence-corrected chi connectivity index (χ2v) is 9.78. The highest BCUT2D eigenvalue weighted by Crippen LogP contribution is 2.29. The summed E-state index contributed by atoms with van der Waals surface area (Å²) in [6.45, 7) is 0.968. The SMILES string of the molecule is CN(C)c1ccc(NC(=O)C2CCCC2)cc1CN(Cc1ccccc1)C(=O)c1cccs1. The van der Waals surface area contributed by atoms with Crippen LogP contribution in [0.2, 0.25) is 0 Å². The smallest absolute Gasteiger partial charge is 0.264 e. The van der Waals surface area contributed by atoms with E-state index in [0.29, 0.717) is 13.1 Å². The number of rotatable bonds is 8. The fraction of sp³-hybridized carbons (Fsp3) is 0.333. The maximum Gasteiger partial charge on any atom is 0.264 e. The van der Waals surface area contributed by atoms with Crippen LogP contribution in [0.1, 0.15) is 46.5 Å². The van der Waals surface area contributed by atoms with Crippen LogP contribution >= 0.6 is 11.3 Å². The summed E-state index contributed by atoms with van der Waals surface area (Å²) in [4.78, 5) is 30.7. The molecule has 0 radical (unpaired) electrons. The Morgan fingerprint density at radius 3 is 2.39 bits per heavy atom. The molecular weight excluding hydrogens is 430 g/mol. The third-order valence-corrected chi connectivity index (χ3v) is 7.01. The molecule has 6 heteroatoms. The number of benzene rings is 2. The Kier molecular flexibility index (Phi) is 7.45. The summed E-state index contributed by atoms with van der Waals surface area (Å²) in [5.74, 6) is 0.225. The third kappa shape index (κ3) is 5.82. The number of hydrogen-bond donors (Lipinski definition) is 1. The van der Waals surface area contributed by atoms with Gasteiger partial charge in [0.05, 0.1) is 4.88 Å². The molecular formula is C27H31N3O2S. The lowest BCUT2D eigenvalue weighted by atomic mass is 10.1. The minimum Gasteiger partial charge on any atom is -0.377 e. The van der Waals surface area contributed by atoms with Gasteiger partial charge in [-0.05, 0) is 53.6 Å². The summed E-state index contributed by atoms with van der Waals surface area (Å²) in [6, 6.07) is 19.8. The molecule has 0 unspecified atom stereocenters. The van der Waals surface area contributed by atoms with Crippen molar-refractivity contribution in [3.63, 3.8) is 0 Å². The zero-order valence-corrected chi connectivity index (χ0v) is 20.1. The largest absolute Gasteiger partial charge is 0.377 e. The number of carbonyl (C=O) groups excluding carboxylic acids is 2. The Morgan fingerprint density at radius 1 is 0.970 bits per heavy atom. The average Bonchev–Trinajstić information content (AvgIpc) is 3.53. The van der Waals surface area contributed by atoms with E-state index < -0.39 is 0 Å². The lowest BCUT2D eigenvalue weighted by Crippen LogP contribution is -2.30. The molecule has 0 spiro atoms. The Hall–Kier alpha value is -3.12. The molecule has 2 amide bonds. The van der Waals surface area contributed by atoms with E-state index in [9.17, 15) is 9.59 Å². The van der Waals surface area contributed by atoms with Gasteiger partial charge in [0.25, 0.3) is 5.91 Å². The molecule has 1 aromatic heterocycles. The summed E-state index contributed by atoms with van der Waals surface area (Å²) < 4.78 is 0. The summed E-state index contributed by atoms with van der Waals surface area (Å²) >= 11 is 1.46. The van der Waals surface area contributed by atoms with Crippen LogP contribution < -0.4 is 10.2 Å². The number of amides is 2. The van der Waals surface area contributed by atoms with Gasteiger partial charge in [0, 0.05) is 44.5 Å². The first-order valence-electron chi connectivity index (χ1n) is 11.5. The Bertz CT molecular complexity index is 1070. The van der Waals surface area contributed by atoms with Crippen molar-refractivity contribution >= 4 is 34.5 Å². The molecule has 2 aromatic carbocycles. The zero-order valence-electron chi connectivity index (χ0n) is 19.3. The van der Waals surface area contributed by atoms with Gasteiger partial charge in [0.15, 0.2) is 0 Å². The number of nitrogens with zero attached hydrogens (tertiary/aromatic N) is 2. The number of carbonyl (C=O) groups is 2. The summed E-state index contributed by atoms with van der Waals surface area (Å²) in [7, 11) is 4.00. The molecule has 1 heterocycles. The predicted molar refractivity (Wildman–Crippen MR) is 136 cm³/mol. The van der Waals surface area contributed by atoms with Crippen LogP contribution in [0.15, 0.2) is 66.0 Å². The molecule has 1 aliphatic carbocycles. The molecule has 0 atom stereocenters. The maximum absolute atomic E-state index is 13.4. The van der Waals surface area contributed by atoms with Crippen molar-refractivity contribution in [2.24, 2.45) is 5.92 Å². The number of anilines is 2. The van der Waals surface area contributed by atoms with Gasteiger partial charge in [-0.3, -0.25) is 9.59 Å². The molecule has 0 saturated heterocycles. The topological polar surface area (TPSA) is 52.7 Å². The molecule has 1 fully saturated rings. The Labute approximate surface area is 200 Å². The molecule has 0 bridgehead atoms. The Balaban J connectivity index is 1.61. The van der Waals surface area contributed by atoms with Gasteiger partial charge in [-0.1, -0.05) is 49.2 Å². The van der Waals surface area contributed by atoms with Crippen molar-refractivity contribution in [1.29, 1.82) is 0 Å². The van der Waals surface area contributed by atoms with Crippen LogP contribution in [-0.2, 0) is 17.9 Å². The van der Waals surface area contributed by atoms with Crippen molar-refractivity contribution in [3.8, 4) is 0 Å². The van der Waals surface area contributed by atoms with E-state index >= 15 is 0 Å². The summed E-state index contributed by atoms with van der Waals surface area (Å²) in [6.07, 6.45) is 4.19. The minimum absolute atomic E-state index is 0.0129. The lowest BCUT2D eigenvalue weighted by Gasteiger charge is -2.26. The number of hydrogen-bond acceptors (Lipinski definition) is 4. The van der Waals surface area contributed by atoms with Crippen LogP contribution in [-0.4, -0.2) is 30.8 Å². The molecule has 33 heavy (non-hydrogen) atoms. The van der Waals surface area contributed by atoms with E-state index in [2.05, 4.69) is 5.32 Å².